The van der Waals surface area contributed by atoms with Crippen LogP contribution in [0.15, 0.2) is 36.5 Å². The highest BCUT2D eigenvalue weighted by atomic mass is 16.7. The van der Waals surface area contributed by atoms with Gasteiger partial charge in [-0.15, -0.1) is 0 Å². The Labute approximate surface area is 330 Å². The number of carbonyl (C=O) groups is 1. The molecule has 0 bridgehead atoms. The fourth-order valence-electron chi connectivity index (χ4n) is 6.50. The Morgan fingerprint density at radius 3 is 1.67 bits per heavy atom. The highest BCUT2D eigenvalue weighted by Gasteiger charge is 2.44. The maximum absolute atomic E-state index is 12.8. The van der Waals surface area contributed by atoms with E-state index < -0.39 is 43.4 Å². The van der Waals surface area contributed by atoms with Gasteiger partial charge in [-0.3, -0.25) is 4.79 Å². The minimum Gasteiger partial charge on any atom is -0.457 e. The summed E-state index contributed by atoms with van der Waals surface area (Å²) in [5.41, 5.74) is 0. The Bertz CT molecular complexity index is 921. The second-order valence-corrected chi connectivity index (χ2v) is 15.1. The van der Waals surface area contributed by atoms with Crippen molar-refractivity contribution in [2.75, 3.05) is 26.4 Å². The molecule has 1 fully saturated rings. The van der Waals surface area contributed by atoms with E-state index in [1.807, 2.05) is 0 Å². The van der Waals surface area contributed by atoms with Crippen molar-refractivity contribution in [2.45, 2.75) is 218 Å². The maximum Gasteiger partial charge on any atom is 0.306 e. The normalized spacial score (nSPS) is 21.2. The first kappa shape index (κ1) is 50.4. The molecule has 6 unspecified atom stereocenters. The molecule has 6 atom stereocenters. The van der Waals surface area contributed by atoms with E-state index in [1.165, 1.54) is 109 Å². The molecule has 9 heteroatoms. The number of allylic oxidation sites excluding steroid dienone is 6. The third-order valence-corrected chi connectivity index (χ3v) is 10.0. The van der Waals surface area contributed by atoms with Gasteiger partial charge in [-0.05, 0) is 64.2 Å². The van der Waals surface area contributed by atoms with Gasteiger partial charge in [0, 0.05) is 13.0 Å². The van der Waals surface area contributed by atoms with Gasteiger partial charge in [0.05, 0.1) is 19.8 Å². The molecule has 0 aliphatic carbocycles. The highest BCUT2D eigenvalue weighted by Crippen LogP contribution is 2.22. The van der Waals surface area contributed by atoms with E-state index in [9.17, 15) is 25.2 Å². The smallest absolute Gasteiger partial charge is 0.306 e. The van der Waals surface area contributed by atoms with Gasteiger partial charge in [-0.2, -0.15) is 0 Å². The number of rotatable bonds is 37. The Hall–Kier alpha value is -1.59. The molecule has 0 radical (unpaired) electrons. The molecule has 0 aromatic rings. The first-order valence-corrected chi connectivity index (χ1v) is 22.1. The number of aliphatic hydroxyl groups excluding tert-OH is 4. The van der Waals surface area contributed by atoms with Crippen LogP contribution in [-0.4, -0.2) is 89.6 Å². The quantitative estimate of drug-likeness (QED) is 0.0277. The topological polar surface area (TPSA) is 135 Å². The first-order chi connectivity index (χ1) is 26.4. The van der Waals surface area contributed by atoms with Crippen LogP contribution in [0.4, 0.5) is 0 Å². The van der Waals surface area contributed by atoms with Crippen molar-refractivity contribution in [3.63, 3.8) is 0 Å². The van der Waals surface area contributed by atoms with Crippen LogP contribution in [0.1, 0.15) is 181 Å². The van der Waals surface area contributed by atoms with Crippen LogP contribution in [0.25, 0.3) is 0 Å². The summed E-state index contributed by atoms with van der Waals surface area (Å²) in [5.74, 6) is -0.321. The monoisotopic (exact) mass is 767 g/mol. The van der Waals surface area contributed by atoms with Crippen LogP contribution < -0.4 is 0 Å². The predicted octanol–water partition coefficient (Wildman–Crippen LogP) is 9.58. The van der Waals surface area contributed by atoms with Gasteiger partial charge >= 0.3 is 5.97 Å². The minimum atomic E-state index is -1.54. The number of carbonyl (C=O) groups excluding carboxylic acids is 1. The van der Waals surface area contributed by atoms with Gasteiger partial charge in [0.2, 0.25) is 0 Å². The standard InChI is InChI=1S/C45H82O9/c1-3-5-7-9-11-13-15-17-18-19-20-21-22-23-24-26-28-30-32-34-41(47)53-39(38-52-45-44(50)43(49)42(48)40(36-46)54-45)37-51-35-33-31-29-27-25-16-14-12-10-8-6-4-2/h10-13,17-18,39-40,42-46,48-50H,3-9,14-16,19-38H2,1-2H3/b12-10-,13-11-,18-17-. The number of esters is 1. The molecular weight excluding hydrogens is 684 g/mol. The van der Waals surface area contributed by atoms with E-state index in [4.69, 9.17) is 18.9 Å². The Kier molecular flexibility index (Phi) is 34.6. The van der Waals surface area contributed by atoms with Crippen LogP contribution >= 0.6 is 0 Å². The molecule has 316 valence electrons. The summed E-state index contributed by atoms with van der Waals surface area (Å²) in [6, 6.07) is 0. The van der Waals surface area contributed by atoms with Gasteiger partial charge in [0.25, 0.3) is 0 Å². The summed E-state index contributed by atoms with van der Waals surface area (Å²) >= 11 is 0. The lowest BCUT2D eigenvalue weighted by Gasteiger charge is -2.39. The molecular formula is C45H82O9. The third kappa shape index (κ3) is 27.9. The number of hydrogen-bond acceptors (Lipinski definition) is 9. The average Bonchev–Trinajstić information content (AvgIpc) is 3.17. The van der Waals surface area contributed by atoms with E-state index in [2.05, 4.69) is 50.3 Å². The highest BCUT2D eigenvalue weighted by molar-refractivity contribution is 5.69. The third-order valence-electron chi connectivity index (χ3n) is 10.0. The van der Waals surface area contributed by atoms with Gasteiger partial charge in [-0.25, -0.2) is 0 Å². The van der Waals surface area contributed by atoms with E-state index >= 15 is 0 Å². The molecule has 0 aromatic heterocycles. The molecule has 9 nitrogen and oxygen atoms in total. The zero-order chi connectivity index (χ0) is 39.3. The van der Waals surface area contributed by atoms with Gasteiger partial charge in [0.1, 0.15) is 30.5 Å². The van der Waals surface area contributed by atoms with Crippen LogP contribution in [0.3, 0.4) is 0 Å². The van der Waals surface area contributed by atoms with Gasteiger partial charge in [0.15, 0.2) is 6.29 Å². The van der Waals surface area contributed by atoms with Crippen LogP contribution in [0, 0.1) is 0 Å². The fraction of sp³-hybridized carbons (Fsp3) is 0.844. The van der Waals surface area contributed by atoms with E-state index in [-0.39, 0.29) is 19.2 Å². The molecule has 1 aliphatic rings. The molecule has 1 aliphatic heterocycles. The summed E-state index contributed by atoms with van der Waals surface area (Å²) in [7, 11) is 0. The van der Waals surface area contributed by atoms with Gasteiger partial charge in [-0.1, -0.05) is 147 Å². The lowest BCUT2D eigenvalue weighted by atomic mass is 9.99. The van der Waals surface area contributed by atoms with Crippen molar-refractivity contribution >= 4 is 5.97 Å². The lowest BCUT2D eigenvalue weighted by Crippen LogP contribution is -2.59. The number of unbranched alkanes of at least 4 members (excludes halogenated alkanes) is 20. The number of hydrogen-bond donors (Lipinski definition) is 4. The molecule has 54 heavy (non-hydrogen) atoms. The first-order valence-electron chi connectivity index (χ1n) is 22.1. The summed E-state index contributed by atoms with van der Waals surface area (Å²) in [6.07, 6.45) is 35.9. The molecule has 1 saturated heterocycles. The van der Waals surface area contributed by atoms with Crippen LogP contribution in [0.2, 0.25) is 0 Å². The average molecular weight is 767 g/mol. The minimum absolute atomic E-state index is 0.117. The van der Waals surface area contributed by atoms with Crippen molar-refractivity contribution in [2.24, 2.45) is 0 Å². The van der Waals surface area contributed by atoms with Crippen molar-refractivity contribution in [3.8, 4) is 0 Å². The Morgan fingerprint density at radius 1 is 0.593 bits per heavy atom. The second kappa shape index (κ2) is 37.0. The summed E-state index contributed by atoms with van der Waals surface area (Å²) < 4.78 is 22.8. The predicted molar refractivity (Wildman–Crippen MR) is 219 cm³/mol. The maximum atomic E-state index is 12.8. The van der Waals surface area contributed by atoms with Crippen molar-refractivity contribution < 1.29 is 44.2 Å². The van der Waals surface area contributed by atoms with Gasteiger partial charge < -0.3 is 39.4 Å². The Balaban J connectivity index is 2.26. The van der Waals surface area contributed by atoms with Crippen molar-refractivity contribution in [1.29, 1.82) is 0 Å². The van der Waals surface area contributed by atoms with E-state index in [0.29, 0.717) is 13.0 Å². The molecule has 4 N–H and O–H groups in total. The molecule has 0 saturated carbocycles. The molecule has 0 aromatic carbocycles. The zero-order valence-corrected chi connectivity index (χ0v) is 34.5. The van der Waals surface area contributed by atoms with Crippen molar-refractivity contribution in [1.82, 2.24) is 0 Å². The summed E-state index contributed by atoms with van der Waals surface area (Å²) in [5, 5.41) is 40.1. The van der Waals surface area contributed by atoms with E-state index in [0.717, 1.165) is 51.4 Å². The van der Waals surface area contributed by atoms with Crippen LogP contribution in [0.5, 0.6) is 0 Å². The second-order valence-electron chi connectivity index (χ2n) is 15.1. The molecule has 0 spiro atoms. The fourth-order valence-corrected chi connectivity index (χ4v) is 6.50. The van der Waals surface area contributed by atoms with Crippen LogP contribution in [-0.2, 0) is 23.7 Å². The molecule has 0 amide bonds. The summed E-state index contributed by atoms with van der Waals surface area (Å²) in [6.45, 7) is 4.48. The Morgan fingerprint density at radius 2 is 1.09 bits per heavy atom. The van der Waals surface area contributed by atoms with Crippen molar-refractivity contribution in [3.05, 3.63) is 36.5 Å². The zero-order valence-electron chi connectivity index (χ0n) is 34.5. The number of ether oxygens (including phenoxy) is 4. The summed E-state index contributed by atoms with van der Waals surface area (Å²) in [4.78, 5) is 12.8. The molecule has 1 heterocycles. The SMILES string of the molecule is CCCC/C=C\CCCCCCCCOCC(COC1OC(CO)C(O)C(O)C1O)OC(=O)CCCCCCCCCCC/C=C\C/C=C\CCCCC. The number of aliphatic hydroxyl groups is 4. The lowest BCUT2D eigenvalue weighted by molar-refractivity contribution is -0.305. The largest absolute Gasteiger partial charge is 0.457 e. The van der Waals surface area contributed by atoms with E-state index in [1.54, 1.807) is 0 Å². The molecule has 1 rings (SSSR count).